The number of nitrogens with one attached hydrogen (secondary N) is 2. The van der Waals surface area contributed by atoms with Crippen LogP contribution >= 0.6 is 24.0 Å². The molecule has 0 aliphatic carbocycles. The lowest BCUT2D eigenvalue weighted by molar-refractivity contribution is -0.132. The van der Waals surface area contributed by atoms with E-state index in [1.54, 1.807) is 7.05 Å². The highest BCUT2D eigenvalue weighted by molar-refractivity contribution is 14.0. The van der Waals surface area contributed by atoms with E-state index in [4.69, 9.17) is 4.74 Å². The van der Waals surface area contributed by atoms with E-state index in [-0.39, 0.29) is 36.1 Å². The Morgan fingerprint density at radius 2 is 1.77 bits per heavy atom. The lowest BCUT2D eigenvalue weighted by Gasteiger charge is -2.41. The lowest BCUT2D eigenvalue weighted by atomic mass is 10.0. The molecule has 0 aromatic carbocycles. The van der Waals surface area contributed by atoms with Crippen LogP contribution in [-0.2, 0) is 4.74 Å². The van der Waals surface area contributed by atoms with Crippen molar-refractivity contribution in [3.05, 3.63) is 0 Å². The van der Waals surface area contributed by atoms with Crippen molar-refractivity contribution in [2.45, 2.75) is 32.0 Å². The van der Waals surface area contributed by atoms with E-state index in [9.17, 15) is 13.2 Å². The predicted molar refractivity (Wildman–Crippen MR) is 91.9 cm³/mol. The Morgan fingerprint density at radius 3 is 2.27 bits per heavy atom. The first-order chi connectivity index (χ1) is 9.74. The number of hydrogen-bond acceptors (Lipinski definition) is 3. The zero-order valence-corrected chi connectivity index (χ0v) is 15.6. The predicted octanol–water partition coefficient (Wildman–Crippen LogP) is 1.83. The average Bonchev–Trinajstić information content (AvgIpc) is 2.42. The highest BCUT2D eigenvalue weighted by Gasteiger charge is 2.29. The van der Waals surface area contributed by atoms with Crippen molar-refractivity contribution in [3.8, 4) is 0 Å². The van der Waals surface area contributed by atoms with Gasteiger partial charge < -0.3 is 15.4 Å². The summed E-state index contributed by atoms with van der Waals surface area (Å²) in [6, 6.07) is 0. The van der Waals surface area contributed by atoms with Crippen molar-refractivity contribution < 1.29 is 17.9 Å². The summed E-state index contributed by atoms with van der Waals surface area (Å²) in [5.41, 5.74) is -0.120. The molecule has 22 heavy (non-hydrogen) atoms. The summed E-state index contributed by atoms with van der Waals surface area (Å²) in [5, 5.41) is 5.76. The Labute approximate surface area is 147 Å². The van der Waals surface area contributed by atoms with Crippen LogP contribution in [0.1, 0.15) is 20.3 Å². The number of guanidine groups is 1. The smallest absolute Gasteiger partial charge is 0.379 e. The summed E-state index contributed by atoms with van der Waals surface area (Å²) in [6.45, 7) is 7.73. The maximum Gasteiger partial charge on any atom is 0.390 e. The van der Waals surface area contributed by atoms with Gasteiger partial charge in [-0.2, -0.15) is 13.2 Å². The van der Waals surface area contributed by atoms with E-state index < -0.39 is 12.6 Å². The van der Waals surface area contributed by atoms with Gasteiger partial charge in [0.25, 0.3) is 0 Å². The monoisotopic (exact) mass is 438 g/mol. The molecule has 1 saturated heterocycles. The van der Waals surface area contributed by atoms with Crippen LogP contribution in [0.3, 0.4) is 0 Å². The van der Waals surface area contributed by atoms with E-state index in [2.05, 4.69) is 34.4 Å². The fourth-order valence-corrected chi connectivity index (χ4v) is 2.12. The molecule has 1 rings (SSSR count). The van der Waals surface area contributed by atoms with Crippen LogP contribution in [-0.4, -0.2) is 69.0 Å². The van der Waals surface area contributed by atoms with Gasteiger partial charge in [0.15, 0.2) is 5.96 Å². The average molecular weight is 438 g/mol. The van der Waals surface area contributed by atoms with Gasteiger partial charge in [-0.15, -0.1) is 24.0 Å². The maximum atomic E-state index is 12.1. The molecule has 9 heteroatoms. The Bertz CT molecular complexity index is 345. The molecule has 0 aromatic heterocycles. The molecule has 2 N–H and O–H groups in total. The highest BCUT2D eigenvalue weighted by atomic mass is 127. The zero-order chi connectivity index (χ0) is 15.9. The molecule has 0 amide bonds. The summed E-state index contributed by atoms with van der Waals surface area (Å²) in [7, 11) is 1.55. The molecule has 0 radical (unpaired) electrons. The summed E-state index contributed by atoms with van der Waals surface area (Å²) < 4.78 is 41.6. The molecular formula is C13H26F3IN4O. The molecule has 1 heterocycles. The molecule has 132 valence electrons. The van der Waals surface area contributed by atoms with Crippen molar-refractivity contribution in [1.82, 2.24) is 15.5 Å². The minimum Gasteiger partial charge on any atom is -0.379 e. The number of nitrogens with zero attached hydrogens (tertiary/aromatic N) is 2. The maximum absolute atomic E-state index is 12.1. The first-order valence-electron chi connectivity index (χ1n) is 7.09. The highest BCUT2D eigenvalue weighted by Crippen LogP contribution is 2.18. The Kier molecular flexibility index (Phi) is 9.63. The van der Waals surface area contributed by atoms with Crippen LogP contribution < -0.4 is 10.6 Å². The van der Waals surface area contributed by atoms with Gasteiger partial charge in [0.05, 0.1) is 19.6 Å². The molecule has 0 saturated carbocycles. The summed E-state index contributed by atoms with van der Waals surface area (Å²) in [5.74, 6) is 0.389. The number of halogens is 4. The van der Waals surface area contributed by atoms with Crippen LogP contribution in [0, 0.1) is 0 Å². The molecule has 0 spiro atoms. The van der Waals surface area contributed by atoms with E-state index in [0.29, 0.717) is 25.7 Å². The third kappa shape index (κ3) is 8.37. The number of morpholine rings is 1. The topological polar surface area (TPSA) is 48.9 Å². The van der Waals surface area contributed by atoms with Crippen molar-refractivity contribution in [1.29, 1.82) is 0 Å². The Hall–Kier alpha value is -0.290. The standard InChI is InChI=1S/C13H25F3N4O.HI/c1-12(2,20-6-8-21-9-7-20)10-19-11(17-3)18-5-4-13(14,15)16;/h4-10H2,1-3H3,(H2,17,18,19);1H. The number of hydrogen-bond donors (Lipinski definition) is 2. The lowest BCUT2D eigenvalue weighted by Crippen LogP contribution is -2.56. The van der Waals surface area contributed by atoms with Crippen LogP contribution in [0.4, 0.5) is 13.2 Å². The Morgan fingerprint density at radius 1 is 1.18 bits per heavy atom. The molecule has 1 fully saturated rings. The van der Waals surface area contributed by atoms with Crippen LogP contribution in [0.15, 0.2) is 4.99 Å². The third-order valence-electron chi connectivity index (χ3n) is 3.48. The number of aliphatic imine (C=N–C) groups is 1. The van der Waals surface area contributed by atoms with Crippen molar-refractivity contribution in [2.75, 3.05) is 46.4 Å². The molecule has 0 bridgehead atoms. The third-order valence-corrected chi connectivity index (χ3v) is 3.48. The number of ether oxygens (including phenoxy) is 1. The molecule has 1 aliphatic heterocycles. The van der Waals surface area contributed by atoms with Gasteiger partial charge in [-0.1, -0.05) is 0 Å². The summed E-state index contributed by atoms with van der Waals surface area (Å²) in [4.78, 5) is 6.24. The molecule has 0 aromatic rings. The van der Waals surface area contributed by atoms with E-state index in [0.717, 1.165) is 13.1 Å². The van der Waals surface area contributed by atoms with Gasteiger partial charge in [-0.05, 0) is 13.8 Å². The first kappa shape index (κ1) is 21.7. The van der Waals surface area contributed by atoms with Gasteiger partial charge in [0, 0.05) is 38.8 Å². The van der Waals surface area contributed by atoms with E-state index in [1.807, 2.05) is 0 Å². The van der Waals surface area contributed by atoms with Crippen molar-refractivity contribution >= 4 is 29.9 Å². The molecule has 5 nitrogen and oxygen atoms in total. The minimum absolute atomic E-state index is 0. The van der Waals surface area contributed by atoms with Gasteiger partial charge in [0.1, 0.15) is 0 Å². The number of rotatable bonds is 5. The SMILES string of the molecule is CN=C(NCCC(F)(F)F)NCC(C)(C)N1CCOCC1.I. The van der Waals surface area contributed by atoms with Gasteiger partial charge in [-0.25, -0.2) is 0 Å². The summed E-state index contributed by atoms with van der Waals surface area (Å²) in [6.07, 6.45) is -5.03. The number of alkyl halides is 3. The van der Waals surface area contributed by atoms with Crippen molar-refractivity contribution in [2.24, 2.45) is 4.99 Å². The van der Waals surface area contributed by atoms with Crippen LogP contribution in [0.2, 0.25) is 0 Å². The second-order valence-electron chi connectivity index (χ2n) is 5.63. The molecule has 0 atom stereocenters. The molecular weight excluding hydrogens is 412 g/mol. The van der Waals surface area contributed by atoms with Crippen molar-refractivity contribution in [3.63, 3.8) is 0 Å². The zero-order valence-electron chi connectivity index (χ0n) is 13.3. The van der Waals surface area contributed by atoms with E-state index >= 15 is 0 Å². The minimum atomic E-state index is -4.15. The quantitative estimate of drug-likeness (QED) is 0.391. The van der Waals surface area contributed by atoms with E-state index in [1.165, 1.54) is 0 Å². The Balaban J connectivity index is 0.00000441. The fourth-order valence-electron chi connectivity index (χ4n) is 2.12. The molecule has 1 aliphatic rings. The van der Waals surface area contributed by atoms with Crippen LogP contribution in [0.25, 0.3) is 0 Å². The second kappa shape index (κ2) is 9.76. The largest absolute Gasteiger partial charge is 0.390 e. The van der Waals surface area contributed by atoms with Crippen LogP contribution in [0.5, 0.6) is 0 Å². The summed E-state index contributed by atoms with van der Waals surface area (Å²) >= 11 is 0. The fraction of sp³-hybridized carbons (Fsp3) is 0.923. The van der Waals surface area contributed by atoms with Gasteiger partial charge in [-0.3, -0.25) is 9.89 Å². The van der Waals surface area contributed by atoms with Gasteiger partial charge in [0.2, 0.25) is 0 Å². The normalized spacial score (nSPS) is 17.8. The molecule has 0 unspecified atom stereocenters. The van der Waals surface area contributed by atoms with Gasteiger partial charge >= 0.3 is 6.18 Å². The first-order valence-corrected chi connectivity index (χ1v) is 7.09. The second-order valence-corrected chi connectivity index (χ2v) is 5.63.